The van der Waals surface area contributed by atoms with Gasteiger partial charge in [0.2, 0.25) is 0 Å². The van der Waals surface area contributed by atoms with E-state index in [1.165, 1.54) is 0 Å². The summed E-state index contributed by atoms with van der Waals surface area (Å²) in [6.07, 6.45) is 3.69. The van der Waals surface area contributed by atoms with Crippen molar-refractivity contribution in [1.29, 1.82) is 0 Å². The summed E-state index contributed by atoms with van der Waals surface area (Å²) in [4.78, 5) is 30.9. The van der Waals surface area contributed by atoms with Crippen LogP contribution in [0.2, 0.25) is 0 Å². The minimum Gasteiger partial charge on any atom is -0.465 e. The maximum Gasteiger partial charge on any atom is 0.324 e. The summed E-state index contributed by atoms with van der Waals surface area (Å²) in [6.45, 7) is 16.9. The molecule has 0 radical (unpaired) electrons. The van der Waals surface area contributed by atoms with E-state index in [-0.39, 0.29) is 36.9 Å². The lowest BCUT2D eigenvalue weighted by Gasteiger charge is -2.31. The molecule has 0 amide bonds. The van der Waals surface area contributed by atoms with Gasteiger partial charge < -0.3 is 9.47 Å². The Morgan fingerprint density at radius 3 is 1.55 bits per heavy atom. The number of pyridine rings is 1. The van der Waals surface area contributed by atoms with Crippen molar-refractivity contribution in [3.63, 3.8) is 0 Å². The molecule has 0 bridgehead atoms. The Hall–Kier alpha value is -2.69. The monoisotopic (exact) mass is 453 g/mol. The molecule has 0 saturated heterocycles. The van der Waals surface area contributed by atoms with E-state index in [9.17, 15) is 9.59 Å². The predicted molar refractivity (Wildman–Crippen MR) is 131 cm³/mol. The minimum atomic E-state index is -1.49. The van der Waals surface area contributed by atoms with Crippen LogP contribution < -0.4 is 0 Å². The fourth-order valence-corrected chi connectivity index (χ4v) is 3.83. The van der Waals surface area contributed by atoms with Gasteiger partial charge in [0.25, 0.3) is 0 Å². The molecule has 5 heteroatoms. The van der Waals surface area contributed by atoms with Gasteiger partial charge in [0.05, 0.1) is 13.2 Å². The van der Waals surface area contributed by atoms with E-state index in [4.69, 9.17) is 9.47 Å². The molecule has 0 aliphatic carbocycles. The Kier molecular flexibility index (Phi) is 8.45. The van der Waals surface area contributed by atoms with Crippen molar-refractivity contribution in [1.82, 2.24) is 4.98 Å². The molecule has 180 valence electrons. The summed E-state index contributed by atoms with van der Waals surface area (Å²) in [6, 6.07) is 10.1. The molecule has 2 aromatic rings. The second-order valence-electron chi connectivity index (χ2n) is 10.7. The lowest BCUT2D eigenvalue weighted by Crippen LogP contribution is -2.46. The molecule has 33 heavy (non-hydrogen) atoms. The van der Waals surface area contributed by atoms with Gasteiger partial charge in [-0.25, -0.2) is 0 Å². The topological polar surface area (TPSA) is 65.5 Å². The predicted octanol–water partition coefficient (Wildman–Crippen LogP) is 5.57. The van der Waals surface area contributed by atoms with Gasteiger partial charge >= 0.3 is 11.9 Å². The van der Waals surface area contributed by atoms with Crippen molar-refractivity contribution < 1.29 is 19.1 Å². The van der Waals surface area contributed by atoms with Gasteiger partial charge in [-0.15, -0.1) is 0 Å². The Morgan fingerprint density at radius 1 is 0.727 bits per heavy atom. The van der Waals surface area contributed by atoms with Crippen molar-refractivity contribution in [2.75, 3.05) is 13.2 Å². The SMILES string of the molecule is CCOC(=O)C(Cc1ccncc1)(Cc1cc(C(C)(C)C)cc(C(C)(C)C)c1)C(=O)OCC. The van der Waals surface area contributed by atoms with Gasteiger partial charge in [0.1, 0.15) is 0 Å². The van der Waals surface area contributed by atoms with Crippen LogP contribution in [0.3, 0.4) is 0 Å². The Labute approximate surface area is 198 Å². The van der Waals surface area contributed by atoms with E-state index in [2.05, 4.69) is 64.7 Å². The van der Waals surface area contributed by atoms with Crippen LogP contribution in [0.4, 0.5) is 0 Å². The van der Waals surface area contributed by atoms with Crippen LogP contribution in [-0.2, 0) is 42.7 Å². The number of carbonyl (C=O) groups is 2. The summed E-state index contributed by atoms with van der Waals surface area (Å²) in [5.74, 6) is -1.11. The Morgan fingerprint density at radius 2 is 1.15 bits per heavy atom. The third-order valence-corrected chi connectivity index (χ3v) is 5.82. The number of rotatable bonds is 8. The molecular weight excluding hydrogens is 414 g/mol. The zero-order valence-corrected chi connectivity index (χ0v) is 21.5. The quantitative estimate of drug-likeness (QED) is 0.386. The highest BCUT2D eigenvalue weighted by atomic mass is 16.6. The number of nitrogens with zero attached hydrogens (tertiary/aromatic N) is 1. The molecule has 0 N–H and O–H groups in total. The number of carbonyl (C=O) groups excluding carboxylic acids is 2. The molecule has 0 aliphatic heterocycles. The summed E-state index contributed by atoms with van der Waals surface area (Å²) < 4.78 is 10.9. The van der Waals surface area contributed by atoms with Gasteiger partial charge in [-0.2, -0.15) is 0 Å². The van der Waals surface area contributed by atoms with Crippen molar-refractivity contribution in [2.24, 2.45) is 5.41 Å². The molecule has 1 aromatic heterocycles. The summed E-state index contributed by atoms with van der Waals surface area (Å²) in [5, 5.41) is 0. The third-order valence-electron chi connectivity index (χ3n) is 5.82. The van der Waals surface area contributed by atoms with E-state index in [1.54, 1.807) is 26.2 Å². The van der Waals surface area contributed by atoms with Gasteiger partial charge in [-0.05, 0) is 71.9 Å². The average molecular weight is 454 g/mol. The fraction of sp³-hybridized carbons (Fsp3) is 0.536. The molecule has 1 aromatic carbocycles. The van der Waals surface area contributed by atoms with Gasteiger partial charge in [0, 0.05) is 12.4 Å². The minimum absolute atomic E-state index is 0.0857. The van der Waals surface area contributed by atoms with Crippen molar-refractivity contribution in [3.05, 3.63) is 65.0 Å². The standard InChI is InChI=1S/C28H39NO4/c1-9-32-24(30)28(25(31)33-10-2,18-20-11-13-29-14-12-20)19-21-15-22(26(3,4)5)17-23(16-21)27(6,7)8/h11-17H,9-10,18-19H2,1-8H3. The largest absolute Gasteiger partial charge is 0.465 e. The number of benzene rings is 1. The van der Waals surface area contributed by atoms with E-state index >= 15 is 0 Å². The zero-order valence-electron chi connectivity index (χ0n) is 21.5. The van der Waals surface area contributed by atoms with Crippen molar-refractivity contribution in [3.8, 4) is 0 Å². The fourth-order valence-electron chi connectivity index (χ4n) is 3.83. The van der Waals surface area contributed by atoms with Crippen molar-refractivity contribution in [2.45, 2.75) is 79.1 Å². The lowest BCUT2D eigenvalue weighted by molar-refractivity contribution is -0.172. The van der Waals surface area contributed by atoms with E-state index in [0.717, 1.165) is 22.3 Å². The summed E-state index contributed by atoms with van der Waals surface area (Å²) >= 11 is 0. The first-order valence-electron chi connectivity index (χ1n) is 11.7. The highest BCUT2D eigenvalue weighted by molar-refractivity contribution is 6.00. The normalized spacial score (nSPS) is 12.4. The smallest absolute Gasteiger partial charge is 0.324 e. The maximum absolute atomic E-state index is 13.4. The average Bonchev–Trinajstić information content (AvgIpc) is 2.72. The number of hydrogen-bond acceptors (Lipinski definition) is 5. The summed E-state index contributed by atoms with van der Waals surface area (Å²) in [7, 11) is 0. The number of hydrogen-bond donors (Lipinski definition) is 0. The molecule has 0 atom stereocenters. The van der Waals surface area contributed by atoms with E-state index in [0.29, 0.717) is 0 Å². The third kappa shape index (κ3) is 6.66. The first-order chi connectivity index (χ1) is 15.3. The molecular formula is C28H39NO4. The summed E-state index contributed by atoms with van der Waals surface area (Å²) in [5.41, 5.74) is 2.41. The maximum atomic E-state index is 13.4. The molecule has 0 fully saturated rings. The van der Waals surface area contributed by atoms with Gasteiger partial charge in [-0.3, -0.25) is 14.6 Å². The molecule has 1 heterocycles. The Bertz CT molecular complexity index is 902. The van der Waals surface area contributed by atoms with E-state index in [1.807, 2.05) is 12.1 Å². The molecule has 0 saturated carbocycles. The van der Waals surface area contributed by atoms with Crippen LogP contribution in [0.15, 0.2) is 42.7 Å². The van der Waals surface area contributed by atoms with Crippen LogP contribution in [-0.4, -0.2) is 30.1 Å². The van der Waals surface area contributed by atoms with Crippen LogP contribution >= 0.6 is 0 Å². The van der Waals surface area contributed by atoms with Crippen LogP contribution in [0.25, 0.3) is 0 Å². The molecule has 5 nitrogen and oxygen atoms in total. The zero-order chi connectivity index (χ0) is 24.9. The highest BCUT2D eigenvalue weighted by Crippen LogP contribution is 2.36. The second-order valence-corrected chi connectivity index (χ2v) is 10.7. The van der Waals surface area contributed by atoms with Gasteiger partial charge in [0.15, 0.2) is 5.41 Å². The Balaban J connectivity index is 2.71. The highest BCUT2D eigenvalue weighted by Gasteiger charge is 2.49. The van der Waals surface area contributed by atoms with Crippen LogP contribution in [0.1, 0.15) is 77.6 Å². The molecule has 2 rings (SSSR count). The number of ether oxygens (including phenoxy) is 2. The molecule has 0 aliphatic rings. The number of esters is 2. The van der Waals surface area contributed by atoms with E-state index < -0.39 is 17.4 Å². The molecule has 0 unspecified atom stereocenters. The number of aromatic nitrogens is 1. The molecule has 0 spiro atoms. The van der Waals surface area contributed by atoms with Crippen LogP contribution in [0, 0.1) is 5.41 Å². The lowest BCUT2D eigenvalue weighted by atomic mass is 9.73. The van der Waals surface area contributed by atoms with Crippen LogP contribution in [0.5, 0.6) is 0 Å². The van der Waals surface area contributed by atoms with Gasteiger partial charge in [-0.1, -0.05) is 59.7 Å². The second kappa shape index (κ2) is 10.5. The first-order valence-corrected chi connectivity index (χ1v) is 11.7. The first kappa shape index (κ1) is 26.6. The van der Waals surface area contributed by atoms with Crippen molar-refractivity contribution >= 4 is 11.9 Å².